The first kappa shape index (κ1) is 23.8. The molecule has 0 saturated carbocycles. The Morgan fingerprint density at radius 2 is 1.87 bits per heavy atom. The summed E-state index contributed by atoms with van der Waals surface area (Å²) < 4.78 is 4.87. The Labute approximate surface area is 195 Å². The number of halogens is 2. The third kappa shape index (κ3) is 5.91. The highest BCUT2D eigenvalue weighted by Crippen LogP contribution is 2.38. The standard InChI is InChI=1S/C24H31Cl2N3O2/c1-4-27-22(19-15-29(16-19)23-20(25)8-5-9-21(23)26)17(2)7-6-12-28-13-10-18(11-14-28)24(30)31-3/h4-5,7-9,18-19H,1,6,10-16H2,2-3H3/b17-7-,27-22?. The topological polar surface area (TPSA) is 45.1 Å². The van der Waals surface area contributed by atoms with E-state index in [2.05, 4.69) is 34.4 Å². The maximum atomic E-state index is 11.7. The summed E-state index contributed by atoms with van der Waals surface area (Å²) >= 11 is 12.7. The first-order chi connectivity index (χ1) is 14.9. The smallest absolute Gasteiger partial charge is 0.308 e. The van der Waals surface area contributed by atoms with Gasteiger partial charge in [-0.3, -0.25) is 9.79 Å². The minimum Gasteiger partial charge on any atom is -0.469 e. The average Bonchev–Trinajstić information content (AvgIpc) is 2.73. The van der Waals surface area contributed by atoms with Crippen LogP contribution in [-0.2, 0) is 9.53 Å². The van der Waals surface area contributed by atoms with E-state index in [1.165, 1.54) is 12.7 Å². The number of hydrogen-bond acceptors (Lipinski definition) is 5. The summed E-state index contributed by atoms with van der Waals surface area (Å²) in [7, 11) is 1.47. The number of hydrogen-bond donors (Lipinski definition) is 0. The van der Waals surface area contributed by atoms with E-state index in [1.54, 1.807) is 6.20 Å². The number of carbonyl (C=O) groups excluding carboxylic acids is 1. The summed E-state index contributed by atoms with van der Waals surface area (Å²) in [6.07, 6.45) is 6.59. The van der Waals surface area contributed by atoms with Crippen molar-refractivity contribution in [1.82, 2.24) is 4.90 Å². The van der Waals surface area contributed by atoms with Crippen LogP contribution in [0.4, 0.5) is 5.69 Å². The third-order valence-electron chi connectivity index (χ3n) is 6.17. The molecule has 2 heterocycles. The molecule has 0 aliphatic carbocycles. The zero-order valence-electron chi connectivity index (χ0n) is 18.3. The number of para-hydroxylation sites is 1. The van der Waals surface area contributed by atoms with E-state index in [4.69, 9.17) is 27.9 Å². The van der Waals surface area contributed by atoms with Crippen molar-refractivity contribution in [2.75, 3.05) is 44.7 Å². The molecule has 0 radical (unpaired) electrons. The fraction of sp³-hybridized carbons (Fsp3) is 0.500. The van der Waals surface area contributed by atoms with Crippen LogP contribution in [0.2, 0.25) is 10.0 Å². The van der Waals surface area contributed by atoms with Crippen molar-refractivity contribution in [3.63, 3.8) is 0 Å². The van der Waals surface area contributed by atoms with E-state index >= 15 is 0 Å². The van der Waals surface area contributed by atoms with Gasteiger partial charge in [0.15, 0.2) is 0 Å². The Morgan fingerprint density at radius 3 is 2.45 bits per heavy atom. The molecule has 3 rings (SSSR count). The minimum absolute atomic E-state index is 0.0537. The van der Waals surface area contributed by atoms with Crippen LogP contribution in [0.25, 0.3) is 0 Å². The van der Waals surface area contributed by atoms with Gasteiger partial charge in [-0.2, -0.15) is 0 Å². The highest BCUT2D eigenvalue weighted by molar-refractivity contribution is 6.39. The van der Waals surface area contributed by atoms with Gasteiger partial charge in [0.25, 0.3) is 0 Å². The van der Waals surface area contributed by atoms with Gasteiger partial charge < -0.3 is 14.5 Å². The number of rotatable bonds is 8. The SMILES string of the molecule is C=CN=C(/C(C)=C\CCN1CCC(C(=O)OC)CC1)C1CN(c2c(Cl)cccc2Cl)C1. The normalized spacial score (nSPS) is 19.3. The number of allylic oxidation sites excluding steroid dienone is 1. The van der Waals surface area contributed by atoms with E-state index in [0.29, 0.717) is 16.0 Å². The third-order valence-corrected chi connectivity index (χ3v) is 6.78. The Balaban J connectivity index is 1.52. The number of carbonyl (C=O) groups is 1. The fourth-order valence-electron chi connectivity index (χ4n) is 4.38. The second kappa shape index (κ2) is 11.2. The molecule has 1 aromatic carbocycles. The molecular formula is C24H31Cl2N3O2. The molecule has 0 amide bonds. The molecule has 5 nitrogen and oxygen atoms in total. The number of benzene rings is 1. The summed E-state index contributed by atoms with van der Waals surface area (Å²) in [4.78, 5) is 20.9. The number of ether oxygens (including phenoxy) is 1. The van der Waals surface area contributed by atoms with Gasteiger partial charge in [-0.1, -0.05) is 41.9 Å². The van der Waals surface area contributed by atoms with Gasteiger partial charge in [-0.05, 0) is 57.0 Å². The molecular weight excluding hydrogens is 433 g/mol. The van der Waals surface area contributed by atoms with Crippen LogP contribution in [0.3, 0.4) is 0 Å². The van der Waals surface area contributed by atoms with Crippen LogP contribution >= 0.6 is 23.2 Å². The molecule has 2 saturated heterocycles. The molecule has 2 fully saturated rings. The summed E-state index contributed by atoms with van der Waals surface area (Å²) in [5.74, 6) is 0.309. The second-order valence-electron chi connectivity index (χ2n) is 8.18. The van der Waals surface area contributed by atoms with Crippen molar-refractivity contribution in [2.45, 2.75) is 26.2 Å². The van der Waals surface area contributed by atoms with E-state index in [9.17, 15) is 4.79 Å². The highest BCUT2D eigenvalue weighted by Gasteiger charge is 2.33. The van der Waals surface area contributed by atoms with Crippen LogP contribution in [0.5, 0.6) is 0 Å². The van der Waals surface area contributed by atoms with Crippen LogP contribution in [-0.4, -0.2) is 56.4 Å². The van der Waals surface area contributed by atoms with E-state index in [-0.39, 0.29) is 11.9 Å². The maximum Gasteiger partial charge on any atom is 0.308 e. The lowest BCUT2D eigenvalue weighted by molar-refractivity contribution is -0.147. The maximum absolute atomic E-state index is 11.7. The predicted molar refractivity (Wildman–Crippen MR) is 129 cm³/mol. The van der Waals surface area contributed by atoms with Crippen LogP contribution in [0, 0.1) is 11.8 Å². The lowest BCUT2D eigenvalue weighted by atomic mass is 9.89. The van der Waals surface area contributed by atoms with Gasteiger partial charge in [0.05, 0.1) is 28.8 Å². The predicted octanol–water partition coefficient (Wildman–Crippen LogP) is 5.24. The molecule has 0 bridgehead atoms. The van der Waals surface area contributed by atoms with Gasteiger partial charge in [0.2, 0.25) is 0 Å². The number of aliphatic imine (C=N–C) groups is 1. The number of methoxy groups -OCH3 is 1. The summed E-state index contributed by atoms with van der Waals surface area (Å²) in [6.45, 7) is 10.5. The van der Waals surface area contributed by atoms with E-state index < -0.39 is 0 Å². The zero-order valence-corrected chi connectivity index (χ0v) is 19.8. The van der Waals surface area contributed by atoms with Gasteiger partial charge in [0, 0.05) is 37.5 Å². The van der Waals surface area contributed by atoms with Gasteiger partial charge in [-0.25, -0.2) is 0 Å². The first-order valence-electron chi connectivity index (χ1n) is 10.8. The van der Waals surface area contributed by atoms with Gasteiger partial charge >= 0.3 is 5.97 Å². The highest BCUT2D eigenvalue weighted by atomic mass is 35.5. The quantitative estimate of drug-likeness (QED) is 0.390. The van der Waals surface area contributed by atoms with Crippen molar-refractivity contribution < 1.29 is 9.53 Å². The zero-order chi connectivity index (χ0) is 22.4. The van der Waals surface area contributed by atoms with Crippen molar-refractivity contribution in [1.29, 1.82) is 0 Å². The van der Waals surface area contributed by atoms with Gasteiger partial charge in [0.1, 0.15) is 0 Å². The molecule has 31 heavy (non-hydrogen) atoms. The van der Waals surface area contributed by atoms with Crippen LogP contribution in [0.1, 0.15) is 26.2 Å². The average molecular weight is 464 g/mol. The lowest BCUT2D eigenvalue weighted by Crippen LogP contribution is -2.51. The molecule has 0 unspecified atom stereocenters. The lowest BCUT2D eigenvalue weighted by Gasteiger charge is -2.42. The van der Waals surface area contributed by atoms with E-state index in [0.717, 1.165) is 63.4 Å². The molecule has 168 valence electrons. The Hall–Kier alpha value is -1.82. The molecule has 0 N–H and O–H groups in total. The van der Waals surface area contributed by atoms with Crippen molar-refractivity contribution in [2.24, 2.45) is 16.8 Å². The Kier molecular flexibility index (Phi) is 8.58. The first-order valence-corrected chi connectivity index (χ1v) is 11.5. The summed E-state index contributed by atoms with van der Waals surface area (Å²) in [5.41, 5.74) is 3.18. The van der Waals surface area contributed by atoms with Gasteiger partial charge in [-0.15, -0.1) is 0 Å². The van der Waals surface area contributed by atoms with Crippen LogP contribution < -0.4 is 4.90 Å². The molecule has 2 aliphatic rings. The Bertz CT molecular complexity index is 834. The Morgan fingerprint density at radius 1 is 1.23 bits per heavy atom. The van der Waals surface area contributed by atoms with Crippen molar-refractivity contribution in [3.05, 3.63) is 52.7 Å². The minimum atomic E-state index is -0.0757. The van der Waals surface area contributed by atoms with E-state index in [1.807, 2.05) is 18.2 Å². The van der Waals surface area contributed by atoms with Crippen molar-refractivity contribution >= 4 is 40.6 Å². The van der Waals surface area contributed by atoms with Crippen molar-refractivity contribution in [3.8, 4) is 0 Å². The number of nitrogens with zero attached hydrogens (tertiary/aromatic N) is 3. The summed E-state index contributed by atoms with van der Waals surface area (Å²) in [5, 5.41) is 1.35. The molecule has 0 spiro atoms. The van der Waals surface area contributed by atoms with Crippen LogP contribution in [0.15, 0.2) is 47.6 Å². The second-order valence-corrected chi connectivity index (χ2v) is 9.00. The molecule has 1 aromatic rings. The molecule has 7 heteroatoms. The largest absolute Gasteiger partial charge is 0.469 e. The molecule has 0 aromatic heterocycles. The molecule has 2 aliphatic heterocycles. The number of anilines is 1. The number of esters is 1. The molecule has 0 atom stereocenters. The summed E-state index contributed by atoms with van der Waals surface area (Å²) in [6, 6.07) is 5.60. The fourth-order valence-corrected chi connectivity index (χ4v) is 5.02. The number of piperidine rings is 1. The number of likely N-dealkylation sites (tertiary alicyclic amines) is 1. The monoisotopic (exact) mass is 463 g/mol.